The highest BCUT2D eigenvalue weighted by Crippen LogP contribution is 2.36. The third-order valence-electron chi connectivity index (χ3n) is 4.25. The molecule has 0 aromatic heterocycles. The Hall–Kier alpha value is -0.980. The van der Waals surface area contributed by atoms with Gasteiger partial charge in [-0.25, -0.2) is 0 Å². The van der Waals surface area contributed by atoms with Gasteiger partial charge in [-0.15, -0.1) is 12.4 Å². The van der Waals surface area contributed by atoms with Gasteiger partial charge in [-0.05, 0) is 30.5 Å². The van der Waals surface area contributed by atoms with E-state index in [1.54, 1.807) is 6.07 Å². The normalized spacial score (nSPS) is 21.6. The van der Waals surface area contributed by atoms with E-state index in [9.17, 15) is 13.2 Å². The second-order valence-electron chi connectivity index (χ2n) is 6.50. The van der Waals surface area contributed by atoms with Crippen LogP contribution in [0.3, 0.4) is 0 Å². The van der Waals surface area contributed by atoms with Gasteiger partial charge in [0.25, 0.3) is 0 Å². The molecule has 1 unspecified atom stereocenters. The summed E-state index contributed by atoms with van der Waals surface area (Å²) < 4.78 is 44.0. The third-order valence-corrected chi connectivity index (χ3v) is 4.25. The van der Waals surface area contributed by atoms with Crippen LogP contribution in [0.4, 0.5) is 13.2 Å². The Balaban J connectivity index is 0.00000264. The van der Waals surface area contributed by atoms with E-state index in [-0.39, 0.29) is 36.2 Å². The molecule has 2 rings (SSSR count). The molecule has 0 aliphatic carbocycles. The van der Waals surface area contributed by atoms with Crippen LogP contribution in [-0.4, -0.2) is 37.2 Å². The molecule has 1 aromatic carbocycles. The van der Waals surface area contributed by atoms with Gasteiger partial charge in [0.05, 0.1) is 5.56 Å². The topological polar surface area (TPSA) is 38.5 Å². The number of hydrogen-bond donors (Lipinski definition) is 1. The van der Waals surface area contributed by atoms with Crippen molar-refractivity contribution in [1.82, 2.24) is 4.90 Å². The zero-order chi connectivity index (χ0) is 16.4. The van der Waals surface area contributed by atoms with Crippen LogP contribution in [0.2, 0.25) is 0 Å². The number of nitrogens with zero attached hydrogens (tertiary/aromatic N) is 1. The Morgan fingerprint density at radius 1 is 1.30 bits per heavy atom. The monoisotopic (exact) mass is 352 g/mol. The summed E-state index contributed by atoms with van der Waals surface area (Å²) in [6.45, 7) is 6.75. The average molecular weight is 353 g/mol. The predicted octanol–water partition coefficient (Wildman–Crippen LogP) is 3.57. The molecule has 1 heterocycles. The molecule has 0 spiro atoms. The largest absolute Gasteiger partial charge is 0.492 e. The highest BCUT2D eigenvalue weighted by molar-refractivity contribution is 5.85. The lowest BCUT2D eigenvalue weighted by atomic mass is 9.80. The van der Waals surface area contributed by atoms with Gasteiger partial charge in [0.2, 0.25) is 0 Å². The van der Waals surface area contributed by atoms with Crippen LogP contribution in [0.15, 0.2) is 24.3 Å². The van der Waals surface area contributed by atoms with Crippen LogP contribution in [0.5, 0.6) is 5.75 Å². The van der Waals surface area contributed by atoms with Crippen LogP contribution in [-0.2, 0) is 6.18 Å². The second-order valence-corrected chi connectivity index (χ2v) is 6.50. The zero-order valence-corrected chi connectivity index (χ0v) is 14.2. The molecule has 1 saturated heterocycles. The lowest BCUT2D eigenvalue weighted by Crippen LogP contribution is -2.53. The Morgan fingerprint density at radius 2 is 1.96 bits per heavy atom. The number of nitrogens with two attached hydrogens (primary N) is 1. The van der Waals surface area contributed by atoms with Gasteiger partial charge in [-0.1, -0.05) is 26.0 Å². The van der Waals surface area contributed by atoms with Crippen molar-refractivity contribution in [3.63, 3.8) is 0 Å². The van der Waals surface area contributed by atoms with Crippen molar-refractivity contribution in [3.05, 3.63) is 29.8 Å². The summed E-state index contributed by atoms with van der Waals surface area (Å²) in [5.74, 6) is -0.108. The molecule has 1 atom stereocenters. The number of alkyl halides is 3. The van der Waals surface area contributed by atoms with Gasteiger partial charge in [0, 0.05) is 19.1 Å². The van der Waals surface area contributed by atoms with Crippen molar-refractivity contribution in [2.75, 3.05) is 26.2 Å². The molecule has 0 saturated carbocycles. The van der Waals surface area contributed by atoms with Gasteiger partial charge in [-0.3, -0.25) is 4.90 Å². The molecule has 1 aliphatic heterocycles. The molecular weight excluding hydrogens is 329 g/mol. The molecule has 23 heavy (non-hydrogen) atoms. The SMILES string of the molecule is CC1(C)CN(CCOc2ccccc2C(F)(F)F)CCC1N.Cl. The van der Waals surface area contributed by atoms with E-state index in [1.165, 1.54) is 12.1 Å². The molecule has 7 heteroatoms. The number of benzene rings is 1. The fourth-order valence-electron chi connectivity index (χ4n) is 2.79. The molecular formula is C16H24ClF3N2O. The van der Waals surface area contributed by atoms with Crippen LogP contribution < -0.4 is 10.5 Å². The number of hydrogen-bond acceptors (Lipinski definition) is 3. The summed E-state index contributed by atoms with van der Waals surface area (Å²) >= 11 is 0. The van der Waals surface area contributed by atoms with Crippen LogP contribution in [0, 0.1) is 5.41 Å². The summed E-state index contributed by atoms with van der Waals surface area (Å²) in [4.78, 5) is 2.19. The van der Waals surface area contributed by atoms with Gasteiger partial charge in [0.1, 0.15) is 12.4 Å². The van der Waals surface area contributed by atoms with Crippen molar-refractivity contribution in [2.45, 2.75) is 32.5 Å². The number of rotatable bonds is 4. The van der Waals surface area contributed by atoms with Crippen molar-refractivity contribution in [3.8, 4) is 5.75 Å². The number of piperidine rings is 1. The predicted molar refractivity (Wildman–Crippen MR) is 87.0 cm³/mol. The molecule has 1 aliphatic rings. The smallest absolute Gasteiger partial charge is 0.419 e. The summed E-state index contributed by atoms with van der Waals surface area (Å²) in [6, 6.07) is 5.48. The van der Waals surface area contributed by atoms with Crippen molar-refractivity contribution >= 4 is 12.4 Å². The van der Waals surface area contributed by atoms with Crippen molar-refractivity contribution in [1.29, 1.82) is 0 Å². The van der Waals surface area contributed by atoms with E-state index in [1.807, 2.05) is 0 Å². The molecule has 2 N–H and O–H groups in total. The Kier molecular flexibility index (Phi) is 6.74. The van der Waals surface area contributed by atoms with Crippen LogP contribution >= 0.6 is 12.4 Å². The molecule has 3 nitrogen and oxygen atoms in total. The summed E-state index contributed by atoms with van der Waals surface area (Å²) in [7, 11) is 0. The van der Waals surface area contributed by atoms with Crippen LogP contribution in [0.1, 0.15) is 25.8 Å². The molecule has 1 fully saturated rings. The van der Waals surface area contributed by atoms with E-state index in [0.29, 0.717) is 6.54 Å². The Bertz CT molecular complexity index is 508. The van der Waals surface area contributed by atoms with E-state index in [4.69, 9.17) is 10.5 Å². The fraction of sp³-hybridized carbons (Fsp3) is 0.625. The maximum absolute atomic E-state index is 12.9. The van der Waals surface area contributed by atoms with E-state index < -0.39 is 11.7 Å². The minimum Gasteiger partial charge on any atom is -0.492 e. The first-order valence-corrected chi connectivity index (χ1v) is 7.47. The molecule has 0 bridgehead atoms. The first-order chi connectivity index (χ1) is 10.2. The number of ether oxygens (including phenoxy) is 1. The lowest BCUT2D eigenvalue weighted by molar-refractivity contribution is -0.139. The summed E-state index contributed by atoms with van der Waals surface area (Å²) in [5.41, 5.74) is 5.37. The highest BCUT2D eigenvalue weighted by atomic mass is 35.5. The van der Waals surface area contributed by atoms with Gasteiger partial charge < -0.3 is 10.5 Å². The maximum Gasteiger partial charge on any atom is 0.419 e. The van der Waals surface area contributed by atoms with Gasteiger partial charge in [-0.2, -0.15) is 13.2 Å². The number of likely N-dealkylation sites (tertiary alicyclic amines) is 1. The number of para-hydroxylation sites is 1. The number of halogens is 4. The Labute approximate surface area is 141 Å². The first-order valence-electron chi connectivity index (χ1n) is 7.47. The fourth-order valence-corrected chi connectivity index (χ4v) is 2.79. The first kappa shape index (κ1) is 20.1. The molecule has 0 amide bonds. The van der Waals surface area contributed by atoms with E-state index in [2.05, 4.69) is 18.7 Å². The molecule has 0 radical (unpaired) electrons. The minimum absolute atomic E-state index is 0. The van der Waals surface area contributed by atoms with E-state index >= 15 is 0 Å². The minimum atomic E-state index is -4.39. The lowest BCUT2D eigenvalue weighted by Gasteiger charge is -2.42. The van der Waals surface area contributed by atoms with Gasteiger partial charge in [0.15, 0.2) is 0 Å². The van der Waals surface area contributed by atoms with Crippen molar-refractivity contribution in [2.24, 2.45) is 11.1 Å². The van der Waals surface area contributed by atoms with E-state index in [0.717, 1.165) is 25.6 Å². The quantitative estimate of drug-likeness (QED) is 0.900. The Morgan fingerprint density at radius 3 is 2.57 bits per heavy atom. The standard InChI is InChI=1S/C16H23F3N2O.ClH/c1-15(2)11-21(8-7-14(15)20)9-10-22-13-6-4-3-5-12(13)16(17,18)19;/h3-6,14H,7-11,20H2,1-2H3;1H. The second kappa shape index (κ2) is 7.73. The third kappa shape index (κ3) is 5.26. The van der Waals surface area contributed by atoms with Crippen molar-refractivity contribution < 1.29 is 17.9 Å². The maximum atomic E-state index is 12.9. The molecule has 1 aromatic rings. The highest BCUT2D eigenvalue weighted by Gasteiger charge is 2.35. The summed E-state index contributed by atoms with van der Waals surface area (Å²) in [5, 5.41) is 0. The van der Waals surface area contributed by atoms with Crippen LogP contribution in [0.25, 0.3) is 0 Å². The average Bonchev–Trinajstić information content (AvgIpc) is 2.42. The zero-order valence-electron chi connectivity index (χ0n) is 13.4. The molecule has 132 valence electrons. The van der Waals surface area contributed by atoms with Gasteiger partial charge >= 0.3 is 6.18 Å². The summed E-state index contributed by atoms with van der Waals surface area (Å²) in [6.07, 6.45) is -3.50.